The number of carbonyl (C=O) groups excluding carboxylic acids is 1. The summed E-state index contributed by atoms with van der Waals surface area (Å²) in [6.07, 6.45) is 11.6. The summed E-state index contributed by atoms with van der Waals surface area (Å²) in [5.74, 6) is 0.665. The summed E-state index contributed by atoms with van der Waals surface area (Å²) >= 11 is 3.50. The summed E-state index contributed by atoms with van der Waals surface area (Å²) in [4.78, 5) is 29.3. The van der Waals surface area contributed by atoms with Gasteiger partial charge in [-0.25, -0.2) is 9.97 Å². The van der Waals surface area contributed by atoms with Crippen LogP contribution in [0.4, 0.5) is 0 Å². The normalized spacial score (nSPS) is 14.4. The molecular formula is C27H27N5OS2. The Hall–Kier alpha value is -2.94. The summed E-state index contributed by atoms with van der Waals surface area (Å²) in [5, 5.41) is 4.50. The molecule has 8 heteroatoms. The van der Waals surface area contributed by atoms with Crippen LogP contribution in [0, 0.1) is 0 Å². The van der Waals surface area contributed by atoms with E-state index in [1.165, 1.54) is 26.6 Å². The van der Waals surface area contributed by atoms with E-state index in [4.69, 9.17) is 4.98 Å². The molecule has 0 aliphatic carbocycles. The number of nitrogens with zero attached hydrogens (tertiary/aromatic N) is 4. The molecule has 0 spiro atoms. The lowest BCUT2D eigenvalue weighted by molar-refractivity contribution is -0.118. The Kier molecular flexibility index (Phi) is 6.18. The van der Waals surface area contributed by atoms with Crippen LogP contribution in [0.1, 0.15) is 53.1 Å². The fourth-order valence-corrected chi connectivity index (χ4v) is 7.44. The lowest BCUT2D eigenvalue weighted by Crippen LogP contribution is -2.22. The number of nitrogens with one attached hydrogen (secondary N) is 1. The number of pyridine rings is 2. The maximum Gasteiger partial charge on any atom is 0.138 e. The number of thiophene rings is 1. The molecule has 5 aromatic heterocycles. The third-order valence-corrected chi connectivity index (χ3v) is 9.09. The molecule has 5 aromatic rings. The zero-order valence-corrected chi connectivity index (χ0v) is 21.3. The number of thiazole rings is 1. The van der Waals surface area contributed by atoms with Crippen molar-refractivity contribution in [1.29, 1.82) is 0 Å². The Bertz CT molecular complexity index is 1480. The quantitative estimate of drug-likeness (QED) is 0.291. The van der Waals surface area contributed by atoms with Gasteiger partial charge in [0.1, 0.15) is 22.0 Å². The second kappa shape index (κ2) is 9.60. The number of ketones is 1. The van der Waals surface area contributed by atoms with Crippen molar-refractivity contribution in [2.45, 2.75) is 51.5 Å². The van der Waals surface area contributed by atoms with Crippen molar-refractivity contribution in [3.05, 3.63) is 70.1 Å². The SMILES string of the molecule is C[C@@H](CCCC(=O)Cc1sc2c(c1-c1nc3cnccc3s1)CCNC2)c1cnc2ccccn12. The van der Waals surface area contributed by atoms with Crippen LogP contribution in [0.15, 0.2) is 49.1 Å². The number of hydrogen-bond donors (Lipinski definition) is 1. The molecule has 1 aliphatic rings. The zero-order chi connectivity index (χ0) is 23.8. The van der Waals surface area contributed by atoms with E-state index in [0.717, 1.165) is 53.2 Å². The summed E-state index contributed by atoms with van der Waals surface area (Å²) in [5.41, 5.74) is 5.70. The van der Waals surface area contributed by atoms with E-state index in [1.807, 2.05) is 42.9 Å². The zero-order valence-electron chi connectivity index (χ0n) is 19.7. The van der Waals surface area contributed by atoms with Crippen molar-refractivity contribution >= 4 is 44.3 Å². The van der Waals surface area contributed by atoms with E-state index >= 15 is 0 Å². The van der Waals surface area contributed by atoms with Gasteiger partial charge < -0.3 is 9.72 Å². The molecule has 178 valence electrons. The molecule has 0 fully saturated rings. The minimum absolute atomic E-state index is 0.311. The Balaban J connectivity index is 1.17. The molecule has 0 bridgehead atoms. The van der Waals surface area contributed by atoms with E-state index in [1.54, 1.807) is 22.7 Å². The van der Waals surface area contributed by atoms with Crippen LogP contribution < -0.4 is 5.32 Å². The van der Waals surface area contributed by atoms with Crippen molar-refractivity contribution in [1.82, 2.24) is 24.7 Å². The summed E-state index contributed by atoms with van der Waals surface area (Å²) in [7, 11) is 0. The number of Topliss-reactive ketones (excluding diaryl/α,β-unsaturated/α-hetero) is 1. The van der Waals surface area contributed by atoms with E-state index in [9.17, 15) is 4.79 Å². The Morgan fingerprint density at radius 3 is 3.09 bits per heavy atom. The molecule has 0 unspecified atom stereocenters. The molecule has 0 amide bonds. The highest BCUT2D eigenvalue weighted by Gasteiger charge is 2.25. The van der Waals surface area contributed by atoms with Gasteiger partial charge in [-0.3, -0.25) is 9.78 Å². The minimum atomic E-state index is 0.311. The first-order chi connectivity index (χ1) is 17.2. The third-order valence-electron chi connectivity index (χ3n) is 6.81. The van der Waals surface area contributed by atoms with Gasteiger partial charge in [0.15, 0.2) is 0 Å². The number of aromatic nitrogens is 4. The smallest absolute Gasteiger partial charge is 0.138 e. The average molecular weight is 502 g/mol. The van der Waals surface area contributed by atoms with Gasteiger partial charge in [-0.05, 0) is 55.5 Å². The fourth-order valence-electron chi connectivity index (χ4n) is 4.99. The first kappa shape index (κ1) is 22.5. The van der Waals surface area contributed by atoms with Crippen LogP contribution in [-0.2, 0) is 24.2 Å². The highest BCUT2D eigenvalue weighted by molar-refractivity contribution is 7.22. The van der Waals surface area contributed by atoms with E-state index < -0.39 is 0 Å². The topological polar surface area (TPSA) is 72.2 Å². The number of imidazole rings is 1. The second-order valence-corrected chi connectivity index (χ2v) is 11.4. The highest BCUT2D eigenvalue weighted by atomic mass is 32.1. The Morgan fingerprint density at radius 1 is 1.23 bits per heavy atom. The second-order valence-electron chi connectivity index (χ2n) is 9.21. The Labute approximate surface area is 212 Å². The molecule has 6 nitrogen and oxygen atoms in total. The van der Waals surface area contributed by atoms with Gasteiger partial charge in [-0.1, -0.05) is 13.0 Å². The maximum absolute atomic E-state index is 13.1. The number of fused-ring (bicyclic) bond motifs is 3. The first-order valence-electron chi connectivity index (χ1n) is 12.2. The highest BCUT2D eigenvalue weighted by Crippen LogP contribution is 2.42. The molecule has 1 atom stereocenters. The predicted octanol–water partition coefficient (Wildman–Crippen LogP) is 5.80. The summed E-state index contributed by atoms with van der Waals surface area (Å²) < 4.78 is 3.29. The van der Waals surface area contributed by atoms with Crippen LogP contribution >= 0.6 is 22.7 Å². The molecule has 0 saturated heterocycles. The molecule has 1 aliphatic heterocycles. The largest absolute Gasteiger partial charge is 0.312 e. The van der Waals surface area contributed by atoms with Crippen LogP contribution in [0.3, 0.4) is 0 Å². The minimum Gasteiger partial charge on any atom is -0.312 e. The molecule has 1 N–H and O–H groups in total. The van der Waals surface area contributed by atoms with Gasteiger partial charge >= 0.3 is 0 Å². The lowest BCUT2D eigenvalue weighted by atomic mass is 9.97. The average Bonchev–Trinajstić information content (AvgIpc) is 3.58. The summed E-state index contributed by atoms with van der Waals surface area (Å²) in [6, 6.07) is 8.08. The number of hydrogen-bond acceptors (Lipinski definition) is 7. The van der Waals surface area contributed by atoms with Gasteiger partial charge in [0.05, 0.1) is 10.9 Å². The third kappa shape index (κ3) is 4.42. The van der Waals surface area contributed by atoms with Crippen LogP contribution in [0.5, 0.6) is 0 Å². The number of carbonyl (C=O) groups is 1. The standard InChI is InChI=1S/C27H27N5OS2/c1-17(21-15-30-25-7-2-3-12-32(21)25)5-4-6-18(33)13-23-26(19-8-10-29-16-24(19)34-23)27-31-20-14-28-11-9-22(20)35-27/h2-3,7,9,11-12,14-15,17,29H,4-6,8,10,13,16H2,1H3/t17-/m0/s1. The van der Waals surface area contributed by atoms with Gasteiger partial charge in [0.2, 0.25) is 0 Å². The maximum atomic E-state index is 13.1. The van der Waals surface area contributed by atoms with Crippen molar-refractivity contribution in [2.75, 3.05) is 6.54 Å². The van der Waals surface area contributed by atoms with Crippen molar-refractivity contribution < 1.29 is 4.79 Å². The van der Waals surface area contributed by atoms with Gasteiger partial charge in [-0.15, -0.1) is 22.7 Å². The van der Waals surface area contributed by atoms with Gasteiger partial charge in [0.25, 0.3) is 0 Å². The lowest BCUT2D eigenvalue weighted by Gasteiger charge is -2.13. The molecule has 6 rings (SSSR count). The predicted molar refractivity (Wildman–Crippen MR) is 142 cm³/mol. The monoisotopic (exact) mass is 501 g/mol. The summed E-state index contributed by atoms with van der Waals surface area (Å²) in [6.45, 7) is 4.07. The van der Waals surface area contributed by atoms with E-state index in [-0.39, 0.29) is 0 Å². The van der Waals surface area contributed by atoms with Crippen LogP contribution in [-0.4, -0.2) is 31.7 Å². The molecule has 0 saturated carbocycles. The molecule has 0 aromatic carbocycles. The van der Waals surface area contributed by atoms with E-state index in [2.05, 4.69) is 32.8 Å². The first-order valence-corrected chi connectivity index (χ1v) is 13.8. The van der Waals surface area contributed by atoms with Crippen molar-refractivity contribution in [3.8, 4) is 10.6 Å². The van der Waals surface area contributed by atoms with Gasteiger partial charge in [-0.2, -0.15) is 0 Å². The van der Waals surface area contributed by atoms with Crippen LogP contribution in [0.25, 0.3) is 26.4 Å². The van der Waals surface area contributed by atoms with Crippen molar-refractivity contribution in [2.24, 2.45) is 0 Å². The van der Waals surface area contributed by atoms with Gasteiger partial charge in [0, 0.05) is 59.0 Å². The molecular weight excluding hydrogens is 474 g/mol. The number of rotatable bonds is 8. The van der Waals surface area contributed by atoms with Crippen LogP contribution in [0.2, 0.25) is 0 Å². The molecule has 6 heterocycles. The van der Waals surface area contributed by atoms with E-state index in [0.29, 0.717) is 24.5 Å². The molecule has 0 radical (unpaired) electrons. The Morgan fingerprint density at radius 2 is 2.17 bits per heavy atom. The van der Waals surface area contributed by atoms with Crippen molar-refractivity contribution in [3.63, 3.8) is 0 Å². The fraction of sp³-hybridized carbons (Fsp3) is 0.333. The molecule has 35 heavy (non-hydrogen) atoms.